The molecular formula is C18H26BrClN2O2. The first kappa shape index (κ1) is 19.7. The highest BCUT2D eigenvalue weighted by Crippen LogP contribution is 2.57. The van der Waals surface area contributed by atoms with Crippen molar-refractivity contribution in [2.75, 3.05) is 13.2 Å². The Bertz CT molecular complexity index is 593. The fourth-order valence-corrected chi connectivity index (χ4v) is 4.42. The second kappa shape index (κ2) is 7.32. The van der Waals surface area contributed by atoms with Crippen LogP contribution < -0.4 is 11.1 Å². The van der Waals surface area contributed by atoms with Crippen molar-refractivity contribution >= 4 is 34.2 Å². The maximum Gasteiger partial charge on any atom is 0.241 e. The molecule has 24 heavy (non-hydrogen) atoms. The summed E-state index contributed by atoms with van der Waals surface area (Å²) < 4.78 is 6.92. The van der Waals surface area contributed by atoms with Crippen LogP contribution in [-0.2, 0) is 16.0 Å². The molecule has 0 aromatic heterocycles. The number of rotatable bonds is 4. The molecule has 2 fully saturated rings. The van der Waals surface area contributed by atoms with Crippen LogP contribution in [0.4, 0.5) is 0 Å². The van der Waals surface area contributed by atoms with Gasteiger partial charge in [-0.1, -0.05) is 41.9 Å². The van der Waals surface area contributed by atoms with Crippen LogP contribution >= 0.6 is 28.3 Å². The number of halogens is 2. The summed E-state index contributed by atoms with van der Waals surface area (Å²) in [5.41, 5.74) is 6.64. The number of benzene rings is 1. The number of ether oxygens (including phenoxy) is 1. The molecule has 1 aliphatic heterocycles. The van der Waals surface area contributed by atoms with E-state index in [2.05, 4.69) is 33.4 Å². The van der Waals surface area contributed by atoms with E-state index in [4.69, 9.17) is 10.5 Å². The highest BCUT2D eigenvalue weighted by Gasteiger charge is 2.70. The van der Waals surface area contributed by atoms with Crippen molar-refractivity contribution in [2.45, 2.75) is 44.8 Å². The van der Waals surface area contributed by atoms with Gasteiger partial charge in [0.05, 0.1) is 6.10 Å². The Morgan fingerprint density at radius 1 is 1.38 bits per heavy atom. The van der Waals surface area contributed by atoms with E-state index in [1.54, 1.807) is 0 Å². The number of nitrogens with two attached hydrogens (primary N) is 1. The molecule has 1 aromatic rings. The average Bonchev–Trinajstić information content (AvgIpc) is 2.55. The molecular weight excluding hydrogens is 392 g/mol. The van der Waals surface area contributed by atoms with Crippen LogP contribution in [0.25, 0.3) is 0 Å². The molecule has 2 aliphatic rings. The molecule has 1 aromatic carbocycles. The monoisotopic (exact) mass is 416 g/mol. The summed E-state index contributed by atoms with van der Waals surface area (Å²) in [4.78, 5) is 12.8. The predicted molar refractivity (Wildman–Crippen MR) is 101 cm³/mol. The van der Waals surface area contributed by atoms with Crippen LogP contribution in [0, 0.1) is 11.3 Å². The molecule has 1 saturated carbocycles. The van der Waals surface area contributed by atoms with Crippen molar-refractivity contribution in [1.82, 2.24) is 5.32 Å². The van der Waals surface area contributed by atoms with Gasteiger partial charge >= 0.3 is 0 Å². The van der Waals surface area contributed by atoms with Crippen molar-refractivity contribution in [3.63, 3.8) is 0 Å². The first-order valence-corrected chi connectivity index (χ1v) is 9.10. The summed E-state index contributed by atoms with van der Waals surface area (Å²) in [6.45, 7) is 5.49. The summed E-state index contributed by atoms with van der Waals surface area (Å²) in [5, 5.41) is 3.05. The number of amides is 1. The van der Waals surface area contributed by atoms with E-state index in [9.17, 15) is 4.79 Å². The van der Waals surface area contributed by atoms with E-state index in [1.165, 1.54) is 5.56 Å². The molecule has 1 amide bonds. The van der Waals surface area contributed by atoms with E-state index in [-0.39, 0.29) is 35.8 Å². The molecule has 3 rings (SSSR count). The van der Waals surface area contributed by atoms with Gasteiger partial charge in [-0.25, -0.2) is 0 Å². The molecule has 1 aliphatic carbocycles. The third-order valence-electron chi connectivity index (χ3n) is 5.67. The topological polar surface area (TPSA) is 64.3 Å². The molecule has 134 valence electrons. The number of hydrogen-bond donors (Lipinski definition) is 2. The van der Waals surface area contributed by atoms with Gasteiger partial charge in [0.25, 0.3) is 0 Å². The lowest BCUT2D eigenvalue weighted by Gasteiger charge is -2.65. The third-order valence-corrected chi connectivity index (χ3v) is 6.20. The van der Waals surface area contributed by atoms with Crippen molar-refractivity contribution < 1.29 is 9.53 Å². The summed E-state index contributed by atoms with van der Waals surface area (Å²) in [6, 6.07) is 8.15. The Balaban J connectivity index is 0.00000208. The zero-order valence-electron chi connectivity index (χ0n) is 14.2. The van der Waals surface area contributed by atoms with Crippen molar-refractivity contribution in [3.8, 4) is 0 Å². The van der Waals surface area contributed by atoms with Gasteiger partial charge in [0, 0.05) is 29.0 Å². The van der Waals surface area contributed by atoms with Gasteiger partial charge in [-0.2, -0.15) is 0 Å². The van der Waals surface area contributed by atoms with Gasteiger partial charge < -0.3 is 15.8 Å². The van der Waals surface area contributed by atoms with E-state index in [0.717, 1.165) is 30.3 Å². The molecule has 0 bridgehead atoms. The van der Waals surface area contributed by atoms with Gasteiger partial charge in [-0.15, -0.1) is 12.4 Å². The molecule has 4 nitrogen and oxygen atoms in total. The summed E-state index contributed by atoms with van der Waals surface area (Å²) in [5.74, 6) is 0.102. The molecule has 0 radical (unpaired) electrons. The second-order valence-electron chi connectivity index (χ2n) is 7.26. The maximum absolute atomic E-state index is 12.8. The lowest BCUT2D eigenvalue weighted by molar-refractivity contribution is -0.225. The minimum Gasteiger partial charge on any atom is -0.377 e. The summed E-state index contributed by atoms with van der Waals surface area (Å²) in [6.07, 6.45) is 2.88. The Labute approximate surface area is 158 Å². The van der Waals surface area contributed by atoms with Gasteiger partial charge in [-0.3, -0.25) is 4.79 Å². The Morgan fingerprint density at radius 2 is 2.04 bits per heavy atom. The standard InChI is InChI=1S/C18H25BrN2O2.ClH/c1-17(2)15-14(4-3-11-23-15)18(17,20)16(22)21-10-9-12-5-7-13(19)8-6-12;/h5-8,14-15H,3-4,9-11,20H2,1-2H3,(H,21,22);1H. The first-order valence-electron chi connectivity index (χ1n) is 8.30. The van der Waals surface area contributed by atoms with Crippen molar-refractivity contribution in [2.24, 2.45) is 17.1 Å². The highest BCUT2D eigenvalue weighted by atomic mass is 79.9. The number of carbonyl (C=O) groups is 1. The number of fused-ring (bicyclic) bond motifs is 1. The van der Waals surface area contributed by atoms with Gasteiger partial charge in [-0.05, 0) is 37.0 Å². The first-order chi connectivity index (χ1) is 10.9. The van der Waals surface area contributed by atoms with Crippen LogP contribution in [-0.4, -0.2) is 30.7 Å². The molecule has 1 heterocycles. The lowest BCUT2D eigenvalue weighted by atomic mass is 9.46. The van der Waals surface area contributed by atoms with Gasteiger partial charge in [0.1, 0.15) is 5.54 Å². The fourth-order valence-electron chi connectivity index (χ4n) is 4.15. The second-order valence-corrected chi connectivity index (χ2v) is 8.18. The van der Waals surface area contributed by atoms with Crippen molar-refractivity contribution in [3.05, 3.63) is 34.3 Å². The van der Waals surface area contributed by atoms with E-state index in [0.29, 0.717) is 6.54 Å². The molecule has 1 saturated heterocycles. The zero-order chi connectivity index (χ0) is 16.7. The molecule has 0 spiro atoms. The van der Waals surface area contributed by atoms with Crippen LogP contribution in [0.15, 0.2) is 28.7 Å². The number of nitrogens with one attached hydrogen (secondary N) is 1. The third kappa shape index (κ3) is 3.12. The minimum atomic E-state index is -0.822. The molecule has 3 atom stereocenters. The Kier molecular flexibility index (Phi) is 6.01. The Morgan fingerprint density at radius 3 is 2.71 bits per heavy atom. The lowest BCUT2D eigenvalue weighted by Crippen LogP contribution is -2.82. The van der Waals surface area contributed by atoms with E-state index in [1.807, 2.05) is 26.0 Å². The largest absolute Gasteiger partial charge is 0.377 e. The van der Waals surface area contributed by atoms with Crippen LogP contribution in [0.2, 0.25) is 0 Å². The van der Waals surface area contributed by atoms with Crippen LogP contribution in [0.1, 0.15) is 32.3 Å². The van der Waals surface area contributed by atoms with E-state index >= 15 is 0 Å². The number of hydrogen-bond acceptors (Lipinski definition) is 3. The SMILES string of the molecule is CC1(C)C2OCCCC2C1(N)C(=O)NCCc1ccc(Br)cc1.Cl. The highest BCUT2D eigenvalue weighted by molar-refractivity contribution is 9.10. The van der Waals surface area contributed by atoms with Crippen LogP contribution in [0.3, 0.4) is 0 Å². The molecule has 3 N–H and O–H groups in total. The quantitative estimate of drug-likeness (QED) is 0.791. The fraction of sp³-hybridized carbons (Fsp3) is 0.611. The normalized spacial score (nSPS) is 30.5. The van der Waals surface area contributed by atoms with E-state index < -0.39 is 5.54 Å². The molecule has 6 heteroatoms. The average molecular weight is 418 g/mol. The summed E-state index contributed by atoms with van der Waals surface area (Å²) >= 11 is 3.43. The van der Waals surface area contributed by atoms with Crippen molar-refractivity contribution in [1.29, 1.82) is 0 Å². The number of carbonyl (C=O) groups excluding carboxylic acids is 1. The molecule has 3 unspecified atom stereocenters. The minimum absolute atomic E-state index is 0. The van der Waals surface area contributed by atoms with Gasteiger partial charge in [0.2, 0.25) is 5.91 Å². The smallest absolute Gasteiger partial charge is 0.241 e. The Hall–Kier alpha value is -0.620. The zero-order valence-corrected chi connectivity index (χ0v) is 16.6. The predicted octanol–water partition coefficient (Wildman–Crippen LogP) is 3.06. The maximum atomic E-state index is 12.8. The van der Waals surface area contributed by atoms with Crippen LogP contribution in [0.5, 0.6) is 0 Å². The van der Waals surface area contributed by atoms with Gasteiger partial charge in [0.15, 0.2) is 0 Å². The summed E-state index contributed by atoms with van der Waals surface area (Å²) in [7, 11) is 0.